The summed E-state index contributed by atoms with van der Waals surface area (Å²) in [4.78, 5) is 61.5. The number of benzene rings is 2. The van der Waals surface area contributed by atoms with Crippen molar-refractivity contribution in [3.63, 3.8) is 0 Å². The molecule has 1 saturated heterocycles. The second-order valence-electron chi connectivity index (χ2n) is 7.68. The van der Waals surface area contributed by atoms with Crippen molar-refractivity contribution < 1.29 is 38.0 Å². The highest BCUT2D eigenvalue weighted by molar-refractivity contribution is 5.97. The Kier molecular flexibility index (Phi) is 7.74. The zero-order chi connectivity index (χ0) is 25.7. The fourth-order valence-electron chi connectivity index (χ4n) is 3.55. The number of nitro benzene ring substituents is 1. The molecule has 11 nitrogen and oxygen atoms in total. The summed E-state index contributed by atoms with van der Waals surface area (Å²) in [5.74, 6) is -3.16. The molecule has 0 bridgehead atoms. The molecular weight excluding hydrogens is 465 g/mol. The Balaban J connectivity index is 1.59. The molecule has 12 heteroatoms. The predicted molar refractivity (Wildman–Crippen MR) is 120 cm³/mol. The Bertz CT molecular complexity index is 1190. The van der Waals surface area contributed by atoms with E-state index in [4.69, 9.17) is 4.74 Å². The number of rotatable bonds is 7. The van der Waals surface area contributed by atoms with Gasteiger partial charge in [0.15, 0.2) is 12.4 Å². The maximum absolute atomic E-state index is 14.4. The maximum Gasteiger partial charge on any atom is 0.338 e. The fraction of sp³-hybridized carbons (Fsp3) is 0.304. The molecule has 0 radical (unpaired) electrons. The first-order valence-corrected chi connectivity index (χ1v) is 10.5. The minimum Gasteiger partial charge on any atom is -0.465 e. The van der Waals surface area contributed by atoms with Gasteiger partial charge in [0.25, 0.3) is 11.6 Å². The van der Waals surface area contributed by atoms with Crippen LogP contribution in [-0.4, -0.2) is 73.3 Å². The van der Waals surface area contributed by atoms with Gasteiger partial charge >= 0.3 is 11.9 Å². The lowest BCUT2D eigenvalue weighted by atomic mass is 10.1. The van der Waals surface area contributed by atoms with Crippen LogP contribution in [0.4, 0.5) is 15.8 Å². The molecule has 1 amide bonds. The van der Waals surface area contributed by atoms with Gasteiger partial charge in [-0.2, -0.15) is 0 Å². The smallest absolute Gasteiger partial charge is 0.338 e. The van der Waals surface area contributed by atoms with Gasteiger partial charge < -0.3 is 19.3 Å². The second kappa shape index (κ2) is 10.7. The first kappa shape index (κ1) is 25.3. The quantitative estimate of drug-likeness (QED) is 0.249. The molecule has 0 unspecified atom stereocenters. The van der Waals surface area contributed by atoms with Crippen molar-refractivity contribution in [2.45, 2.75) is 6.92 Å². The van der Waals surface area contributed by atoms with Crippen molar-refractivity contribution in [2.75, 3.05) is 44.8 Å². The molecule has 1 aliphatic heterocycles. The summed E-state index contributed by atoms with van der Waals surface area (Å²) >= 11 is 0. The van der Waals surface area contributed by atoms with Crippen molar-refractivity contribution in [2.24, 2.45) is 0 Å². The number of piperazine rings is 1. The topological polar surface area (TPSA) is 136 Å². The summed E-state index contributed by atoms with van der Waals surface area (Å²) in [5, 5.41) is 11.1. The van der Waals surface area contributed by atoms with Gasteiger partial charge in [-0.1, -0.05) is 0 Å². The Labute approximate surface area is 199 Å². The minimum absolute atomic E-state index is 0.209. The Morgan fingerprint density at radius 3 is 2.14 bits per heavy atom. The fourth-order valence-corrected chi connectivity index (χ4v) is 3.55. The number of hydrogen-bond acceptors (Lipinski definition) is 9. The van der Waals surface area contributed by atoms with Crippen molar-refractivity contribution in [3.05, 3.63) is 69.0 Å². The van der Waals surface area contributed by atoms with E-state index in [-0.39, 0.29) is 35.6 Å². The molecule has 0 aliphatic carbocycles. The van der Waals surface area contributed by atoms with Crippen molar-refractivity contribution >= 4 is 35.0 Å². The van der Waals surface area contributed by atoms with Crippen LogP contribution in [0.3, 0.4) is 0 Å². The molecular formula is C23H22FN3O8. The van der Waals surface area contributed by atoms with Crippen molar-refractivity contribution in [1.29, 1.82) is 0 Å². The summed E-state index contributed by atoms with van der Waals surface area (Å²) in [6.45, 7) is 1.87. The Morgan fingerprint density at radius 2 is 1.60 bits per heavy atom. The summed E-state index contributed by atoms with van der Waals surface area (Å²) in [7, 11) is 1.09. The number of non-ortho nitro benzene ring substituents is 1. The summed E-state index contributed by atoms with van der Waals surface area (Å²) < 4.78 is 23.9. The summed E-state index contributed by atoms with van der Waals surface area (Å²) in [6.07, 6.45) is 0. The van der Waals surface area contributed by atoms with Crippen LogP contribution in [0.2, 0.25) is 0 Å². The number of ether oxygens (including phenoxy) is 2. The van der Waals surface area contributed by atoms with E-state index < -0.39 is 40.9 Å². The number of nitro groups is 1. The third-order valence-corrected chi connectivity index (χ3v) is 5.44. The largest absolute Gasteiger partial charge is 0.465 e. The average molecular weight is 487 g/mol. The van der Waals surface area contributed by atoms with E-state index in [0.717, 1.165) is 25.3 Å². The monoisotopic (exact) mass is 487 g/mol. The van der Waals surface area contributed by atoms with Crippen molar-refractivity contribution in [3.8, 4) is 0 Å². The number of Topliss-reactive ketones (excluding diaryl/α,β-unsaturated/α-hetero) is 1. The molecule has 2 aromatic rings. The lowest BCUT2D eigenvalue weighted by Crippen LogP contribution is -2.50. The number of carbonyl (C=O) groups is 4. The zero-order valence-corrected chi connectivity index (χ0v) is 19.0. The van der Waals surface area contributed by atoms with E-state index in [9.17, 15) is 33.7 Å². The number of esters is 2. The normalized spacial score (nSPS) is 13.2. The van der Waals surface area contributed by atoms with Gasteiger partial charge in [-0.3, -0.25) is 19.7 Å². The van der Waals surface area contributed by atoms with Gasteiger partial charge in [-0.15, -0.1) is 0 Å². The Hall–Kier alpha value is -4.35. The van der Waals surface area contributed by atoms with E-state index in [1.807, 2.05) is 0 Å². The molecule has 1 aliphatic rings. The molecule has 1 fully saturated rings. The number of amides is 1. The van der Waals surface area contributed by atoms with Gasteiger partial charge in [0.2, 0.25) is 0 Å². The molecule has 3 rings (SSSR count). The van der Waals surface area contributed by atoms with Crippen LogP contribution in [0.25, 0.3) is 0 Å². The maximum atomic E-state index is 14.4. The number of carbonyl (C=O) groups excluding carboxylic acids is 4. The average Bonchev–Trinajstić information content (AvgIpc) is 2.86. The molecule has 0 N–H and O–H groups in total. The third-order valence-electron chi connectivity index (χ3n) is 5.44. The molecule has 0 atom stereocenters. The highest BCUT2D eigenvalue weighted by Crippen LogP contribution is 2.23. The van der Waals surface area contributed by atoms with E-state index in [1.165, 1.54) is 30.0 Å². The van der Waals surface area contributed by atoms with Gasteiger partial charge in [-0.05, 0) is 31.2 Å². The van der Waals surface area contributed by atoms with Crippen LogP contribution in [-0.2, 0) is 14.3 Å². The van der Waals surface area contributed by atoms with Crippen LogP contribution in [0.5, 0.6) is 0 Å². The van der Waals surface area contributed by atoms with Gasteiger partial charge in [-0.25, -0.2) is 14.0 Å². The first-order chi connectivity index (χ1) is 16.6. The molecule has 35 heavy (non-hydrogen) atoms. The summed E-state index contributed by atoms with van der Waals surface area (Å²) in [6, 6.07) is 7.21. The second-order valence-corrected chi connectivity index (χ2v) is 7.68. The van der Waals surface area contributed by atoms with Crippen LogP contribution < -0.4 is 4.90 Å². The number of halogens is 1. The van der Waals surface area contributed by atoms with Crippen LogP contribution in [0, 0.1) is 15.9 Å². The predicted octanol–water partition coefficient (Wildman–Crippen LogP) is 2.23. The van der Waals surface area contributed by atoms with Crippen LogP contribution in [0.1, 0.15) is 38.0 Å². The van der Waals surface area contributed by atoms with E-state index >= 15 is 0 Å². The lowest BCUT2D eigenvalue weighted by Gasteiger charge is -2.36. The lowest BCUT2D eigenvalue weighted by molar-refractivity contribution is -0.384. The highest BCUT2D eigenvalue weighted by atomic mass is 19.1. The van der Waals surface area contributed by atoms with Crippen LogP contribution >= 0.6 is 0 Å². The number of anilines is 1. The third kappa shape index (κ3) is 5.96. The number of methoxy groups -OCH3 is 1. The highest BCUT2D eigenvalue weighted by Gasteiger charge is 2.25. The molecule has 0 saturated carbocycles. The summed E-state index contributed by atoms with van der Waals surface area (Å²) in [5.41, 5.74) is -0.405. The molecule has 0 aromatic heterocycles. The van der Waals surface area contributed by atoms with Gasteiger partial charge in [0, 0.05) is 43.9 Å². The number of hydrogen-bond donors (Lipinski definition) is 0. The van der Waals surface area contributed by atoms with Gasteiger partial charge in [0.05, 0.1) is 28.8 Å². The standard InChI is InChI=1S/C23H22FN3O8/c1-14(28)15-3-4-20(19(24)12-15)25-5-7-26(8-6-25)21(29)13-35-23(31)17-9-16(22(30)34-2)10-18(11-17)27(32)33/h3-4,9-12H,5-8,13H2,1-2H3. The Morgan fingerprint density at radius 1 is 0.971 bits per heavy atom. The van der Waals surface area contributed by atoms with Gasteiger partial charge in [0.1, 0.15) is 5.82 Å². The molecule has 1 heterocycles. The number of ketones is 1. The van der Waals surface area contributed by atoms with E-state index in [1.54, 1.807) is 4.90 Å². The number of nitrogens with zero attached hydrogens (tertiary/aromatic N) is 3. The van der Waals surface area contributed by atoms with Crippen molar-refractivity contribution in [1.82, 2.24) is 4.90 Å². The van der Waals surface area contributed by atoms with E-state index in [0.29, 0.717) is 18.8 Å². The minimum atomic E-state index is -1.02. The SMILES string of the molecule is COC(=O)c1cc(C(=O)OCC(=O)N2CCN(c3ccc(C(C)=O)cc3F)CC2)cc([N+](=O)[O-])c1. The van der Waals surface area contributed by atoms with E-state index in [2.05, 4.69) is 4.74 Å². The molecule has 184 valence electrons. The zero-order valence-electron chi connectivity index (χ0n) is 19.0. The molecule has 2 aromatic carbocycles. The molecule has 0 spiro atoms. The first-order valence-electron chi connectivity index (χ1n) is 10.5. The van der Waals surface area contributed by atoms with Crippen LogP contribution in [0.15, 0.2) is 36.4 Å².